The third-order valence-electron chi connectivity index (χ3n) is 4.82. The molecule has 0 bridgehead atoms. The average Bonchev–Trinajstić information content (AvgIpc) is 2.98. The number of likely N-dealkylation sites (tertiary alicyclic amines) is 1. The lowest BCUT2D eigenvalue weighted by Gasteiger charge is -2.27. The van der Waals surface area contributed by atoms with E-state index in [0.29, 0.717) is 5.56 Å². The fourth-order valence-electron chi connectivity index (χ4n) is 3.08. The van der Waals surface area contributed by atoms with Gasteiger partial charge in [-0.25, -0.2) is 4.39 Å². The molecule has 2 rings (SSSR count). The largest absolute Gasteiger partial charge is 0.481 e. The highest BCUT2D eigenvalue weighted by atomic mass is 35.5. The normalized spacial score (nSPS) is 21.4. The Morgan fingerprint density at radius 1 is 1.26 bits per heavy atom. The molecule has 1 amide bonds. The highest BCUT2D eigenvalue weighted by Crippen LogP contribution is 2.37. The summed E-state index contributed by atoms with van der Waals surface area (Å²) < 4.78 is 52.0. The molecule has 0 aromatic heterocycles. The number of amides is 1. The van der Waals surface area contributed by atoms with Crippen molar-refractivity contribution in [1.82, 2.24) is 9.80 Å². The van der Waals surface area contributed by atoms with Crippen molar-refractivity contribution in [2.24, 2.45) is 11.8 Å². The van der Waals surface area contributed by atoms with Crippen LogP contribution in [0.25, 0.3) is 0 Å². The number of halogens is 5. The molecule has 0 radical (unpaired) electrons. The molecule has 1 aromatic carbocycles. The summed E-state index contributed by atoms with van der Waals surface area (Å²) in [4.78, 5) is 26.1. The number of alkyl halides is 3. The Labute approximate surface area is 160 Å². The van der Waals surface area contributed by atoms with Gasteiger partial charge in [0.15, 0.2) is 0 Å². The lowest BCUT2D eigenvalue weighted by atomic mass is 9.96. The van der Waals surface area contributed by atoms with Gasteiger partial charge in [0.1, 0.15) is 5.82 Å². The van der Waals surface area contributed by atoms with Gasteiger partial charge in [-0.05, 0) is 24.6 Å². The average molecular weight is 413 g/mol. The molecule has 0 aliphatic carbocycles. The fraction of sp³-hybridized carbons (Fsp3) is 0.529. The van der Waals surface area contributed by atoms with E-state index in [1.165, 1.54) is 41.1 Å². The number of aliphatic carboxylic acids is 1. The Morgan fingerprint density at radius 3 is 2.26 bits per heavy atom. The molecule has 0 spiro atoms. The van der Waals surface area contributed by atoms with E-state index >= 15 is 0 Å². The van der Waals surface area contributed by atoms with Crippen LogP contribution in [0.5, 0.6) is 0 Å². The van der Waals surface area contributed by atoms with Gasteiger partial charge in [0.05, 0.1) is 24.4 Å². The molecule has 5 nitrogen and oxygen atoms in total. The van der Waals surface area contributed by atoms with Gasteiger partial charge in [-0.2, -0.15) is 13.2 Å². The molecule has 1 aliphatic rings. The number of hydrogen-bond donors (Lipinski definition) is 1. The van der Waals surface area contributed by atoms with Crippen LogP contribution in [0.3, 0.4) is 0 Å². The molecular weight excluding hydrogens is 392 g/mol. The highest BCUT2D eigenvalue weighted by Gasteiger charge is 2.52. The van der Waals surface area contributed by atoms with Crippen molar-refractivity contribution >= 4 is 24.3 Å². The fourth-order valence-corrected chi connectivity index (χ4v) is 3.08. The van der Waals surface area contributed by atoms with Gasteiger partial charge in [-0.15, -0.1) is 12.4 Å². The van der Waals surface area contributed by atoms with Crippen molar-refractivity contribution in [3.05, 3.63) is 35.6 Å². The topological polar surface area (TPSA) is 60.9 Å². The van der Waals surface area contributed by atoms with Crippen molar-refractivity contribution in [1.29, 1.82) is 0 Å². The van der Waals surface area contributed by atoms with Crippen molar-refractivity contribution in [2.45, 2.75) is 19.1 Å². The van der Waals surface area contributed by atoms with Crippen LogP contribution in [0, 0.1) is 17.7 Å². The van der Waals surface area contributed by atoms with Crippen LogP contribution in [0.15, 0.2) is 24.3 Å². The minimum Gasteiger partial charge on any atom is -0.481 e. The summed E-state index contributed by atoms with van der Waals surface area (Å²) in [7, 11) is 1.50. The summed E-state index contributed by atoms with van der Waals surface area (Å²) in [5, 5.41) is 9.01. The summed E-state index contributed by atoms with van der Waals surface area (Å²) in [5.74, 6) is -5.94. The molecule has 1 unspecified atom stereocenters. The Bertz CT molecular complexity index is 669. The smallest absolute Gasteiger partial charge is 0.393 e. The van der Waals surface area contributed by atoms with E-state index in [-0.39, 0.29) is 25.5 Å². The maximum atomic E-state index is 13.0. The van der Waals surface area contributed by atoms with Crippen LogP contribution in [0.2, 0.25) is 0 Å². The quantitative estimate of drug-likeness (QED) is 0.755. The van der Waals surface area contributed by atoms with E-state index in [9.17, 15) is 27.2 Å². The maximum absolute atomic E-state index is 13.0. The first-order valence-corrected chi connectivity index (χ1v) is 8.03. The number of likely N-dealkylation sites (N-methyl/N-ethyl adjacent to an activating group) is 1. The van der Waals surface area contributed by atoms with Gasteiger partial charge >= 0.3 is 12.1 Å². The molecule has 3 atom stereocenters. The molecule has 10 heteroatoms. The zero-order valence-corrected chi connectivity index (χ0v) is 15.6. The second kappa shape index (κ2) is 8.88. The second-order valence-electron chi connectivity index (χ2n) is 6.52. The molecule has 0 saturated carbocycles. The van der Waals surface area contributed by atoms with Crippen molar-refractivity contribution in [3.63, 3.8) is 0 Å². The Kier molecular flexibility index (Phi) is 7.62. The van der Waals surface area contributed by atoms with Crippen molar-refractivity contribution in [2.75, 3.05) is 26.7 Å². The Morgan fingerprint density at radius 2 is 1.81 bits per heavy atom. The summed E-state index contributed by atoms with van der Waals surface area (Å²) in [6.07, 6.45) is -4.63. The molecule has 1 fully saturated rings. The predicted molar refractivity (Wildman–Crippen MR) is 91.9 cm³/mol. The van der Waals surface area contributed by atoms with Crippen molar-refractivity contribution in [3.8, 4) is 0 Å². The lowest BCUT2D eigenvalue weighted by molar-refractivity contribution is -0.188. The number of rotatable bonds is 5. The number of hydrogen-bond acceptors (Lipinski definition) is 3. The van der Waals surface area contributed by atoms with Crippen LogP contribution in [0.4, 0.5) is 17.6 Å². The Balaban J connectivity index is 0.00000364. The van der Waals surface area contributed by atoms with E-state index in [1.54, 1.807) is 6.92 Å². The zero-order valence-electron chi connectivity index (χ0n) is 14.7. The lowest BCUT2D eigenvalue weighted by Crippen LogP contribution is -2.39. The Hall–Kier alpha value is -1.87. The van der Waals surface area contributed by atoms with Gasteiger partial charge in [0.2, 0.25) is 5.91 Å². The first kappa shape index (κ1) is 23.2. The minimum atomic E-state index is -4.63. The highest BCUT2D eigenvalue weighted by molar-refractivity contribution is 5.85. The van der Waals surface area contributed by atoms with Crippen LogP contribution in [-0.4, -0.2) is 59.6 Å². The van der Waals surface area contributed by atoms with Crippen LogP contribution in [0.1, 0.15) is 18.5 Å². The number of carboxylic acid groups (broad SMARTS) is 1. The summed E-state index contributed by atoms with van der Waals surface area (Å²) in [6.45, 7) is 0.557. The maximum Gasteiger partial charge on any atom is 0.393 e. The van der Waals surface area contributed by atoms with Gasteiger partial charge in [0.25, 0.3) is 0 Å². The van der Waals surface area contributed by atoms with E-state index in [4.69, 9.17) is 5.11 Å². The summed E-state index contributed by atoms with van der Waals surface area (Å²) >= 11 is 0. The standard InChI is InChI=1S/C17H20F4N2O3.ClH/c1-10(11-3-5-12(18)6-4-11)22(2)15(24)9-23-7-13(16(25)26)14(8-23)17(19,20)21;/h3-6,10,13-14H,7-9H2,1-2H3,(H,25,26);1H/t10?,13-,14-;/m1./s1. The van der Waals surface area contributed by atoms with Crippen LogP contribution < -0.4 is 0 Å². The molecule has 1 saturated heterocycles. The molecule has 27 heavy (non-hydrogen) atoms. The van der Waals surface area contributed by atoms with Gasteiger partial charge < -0.3 is 10.0 Å². The SMILES string of the molecule is CC(c1ccc(F)cc1)N(C)C(=O)CN1C[C@@H](C(F)(F)F)[C@H](C(=O)O)C1.Cl. The first-order chi connectivity index (χ1) is 12.0. The van der Waals surface area contributed by atoms with Gasteiger partial charge in [-0.3, -0.25) is 14.5 Å². The summed E-state index contributed by atoms with van der Waals surface area (Å²) in [5.41, 5.74) is 0.681. The van der Waals surface area contributed by atoms with Crippen molar-refractivity contribution < 1.29 is 32.3 Å². The molecule has 152 valence electrons. The van der Waals surface area contributed by atoms with E-state index in [2.05, 4.69) is 0 Å². The number of carbonyl (C=O) groups is 2. The molecule has 1 heterocycles. The van der Waals surface area contributed by atoms with Crippen LogP contribution >= 0.6 is 12.4 Å². The molecule has 1 aromatic rings. The third kappa shape index (κ3) is 5.55. The number of benzene rings is 1. The zero-order chi connectivity index (χ0) is 19.6. The first-order valence-electron chi connectivity index (χ1n) is 8.03. The molecule has 1 N–H and O–H groups in total. The van der Waals surface area contributed by atoms with E-state index in [0.717, 1.165) is 0 Å². The van der Waals surface area contributed by atoms with E-state index < -0.39 is 48.3 Å². The van der Waals surface area contributed by atoms with E-state index in [1.807, 2.05) is 0 Å². The van der Waals surface area contributed by atoms with Crippen LogP contribution in [-0.2, 0) is 9.59 Å². The monoisotopic (exact) mass is 412 g/mol. The predicted octanol–water partition coefficient (Wildman–Crippen LogP) is 2.96. The number of carboxylic acids is 1. The van der Waals surface area contributed by atoms with Gasteiger partial charge in [-0.1, -0.05) is 12.1 Å². The minimum absolute atomic E-state index is 0. The third-order valence-corrected chi connectivity index (χ3v) is 4.82. The molecule has 1 aliphatic heterocycles. The molecular formula is C17H21ClF4N2O3. The number of nitrogens with zero attached hydrogens (tertiary/aromatic N) is 2. The van der Waals surface area contributed by atoms with Gasteiger partial charge in [0, 0.05) is 20.1 Å². The second-order valence-corrected chi connectivity index (χ2v) is 6.52. The number of carbonyl (C=O) groups excluding carboxylic acids is 1. The summed E-state index contributed by atoms with van der Waals surface area (Å²) in [6, 6.07) is 5.17.